The van der Waals surface area contributed by atoms with Crippen LogP contribution in [0.4, 0.5) is 5.69 Å². The molecule has 0 N–H and O–H groups in total. The lowest BCUT2D eigenvalue weighted by Gasteiger charge is -2.20. The van der Waals surface area contributed by atoms with Gasteiger partial charge in [-0.2, -0.15) is 0 Å². The molecule has 5 heteroatoms. The molecule has 1 aromatic carbocycles. The van der Waals surface area contributed by atoms with Gasteiger partial charge in [0.2, 0.25) is 0 Å². The first-order valence-corrected chi connectivity index (χ1v) is 7.16. The van der Waals surface area contributed by atoms with Crippen LogP contribution in [0.3, 0.4) is 0 Å². The Labute approximate surface area is 113 Å². The van der Waals surface area contributed by atoms with Gasteiger partial charge in [-0.05, 0) is 25.0 Å². The zero-order valence-electron chi connectivity index (χ0n) is 9.08. The van der Waals surface area contributed by atoms with Crippen LogP contribution in [0.2, 0.25) is 0 Å². The molecule has 2 atom stereocenters. The Morgan fingerprint density at radius 2 is 2.06 bits per heavy atom. The molecule has 1 aromatic rings. The van der Waals surface area contributed by atoms with Gasteiger partial charge < -0.3 is 0 Å². The number of non-ortho nitro benzene ring substituents is 1. The second-order valence-corrected chi connectivity index (χ2v) is 6.46. The van der Waals surface area contributed by atoms with Crippen molar-refractivity contribution >= 4 is 33.4 Å². The maximum atomic E-state index is 10.5. The molecule has 0 heterocycles. The lowest BCUT2D eigenvalue weighted by molar-refractivity contribution is -0.384. The highest BCUT2D eigenvalue weighted by Crippen LogP contribution is 2.33. The van der Waals surface area contributed by atoms with Gasteiger partial charge in [0, 0.05) is 27.1 Å². The topological polar surface area (TPSA) is 43.1 Å². The van der Waals surface area contributed by atoms with Crippen LogP contribution >= 0.6 is 27.7 Å². The third-order valence-corrected chi connectivity index (χ3v) is 4.52. The summed E-state index contributed by atoms with van der Waals surface area (Å²) < 4.78 is 0. The fraction of sp³-hybridized carbons (Fsp3) is 0.333. The van der Waals surface area contributed by atoms with Crippen molar-refractivity contribution in [3.8, 4) is 0 Å². The van der Waals surface area contributed by atoms with Crippen LogP contribution in [0.1, 0.15) is 12.8 Å². The smallest absolute Gasteiger partial charge is 0.258 e. The predicted molar refractivity (Wildman–Crippen MR) is 73.8 cm³/mol. The number of nitro groups is 1. The molecule has 0 radical (unpaired) electrons. The first-order chi connectivity index (χ1) is 8.15. The van der Waals surface area contributed by atoms with Crippen LogP contribution < -0.4 is 0 Å². The number of hydrogen-bond donors (Lipinski definition) is 0. The van der Waals surface area contributed by atoms with Gasteiger partial charge in [-0.3, -0.25) is 10.1 Å². The summed E-state index contributed by atoms with van der Waals surface area (Å²) in [7, 11) is 0. The summed E-state index contributed by atoms with van der Waals surface area (Å²) in [6.07, 6.45) is 6.51. The molecule has 17 heavy (non-hydrogen) atoms. The molecule has 0 saturated heterocycles. The Balaban J connectivity index is 1.99. The minimum atomic E-state index is -0.369. The first-order valence-electron chi connectivity index (χ1n) is 5.37. The largest absolute Gasteiger partial charge is 0.269 e. The molecule has 0 aliphatic heterocycles. The first kappa shape index (κ1) is 12.6. The summed E-state index contributed by atoms with van der Waals surface area (Å²) in [4.78, 5) is 11.7. The summed E-state index contributed by atoms with van der Waals surface area (Å²) >= 11 is 5.37. The Morgan fingerprint density at radius 3 is 2.65 bits per heavy atom. The normalized spacial score (nSPS) is 23.6. The Hall–Kier alpha value is -0.810. The highest BCUT2D eigenvalue weighted by atomic mass is 79.9. The van der Waals surface area contributed by atoms with Gasteiger partial charge in [-0.15, -0.1) is 11.8 Å². The van der Waals surface area contributed by atoms with Gasteiger partial charge in [0.25, 0.3) is 5.69 Å². The van der Waals surface area contributed by atoms with Crippen molar-refractivity contribution in [1.82, 2.24) is 0 Å². The second kappa shape index (κ2) is 5.69. The van der Waals surface area contributed by atoms with Crippen molar-refractivity contribution in [2.45, 2.75) is 27.8 Å². The third kappa shape index (κ3) is 3.57. The summed E-state index contributed by atoms with van der Waals surface area (Å²) in [5.41, 5.74) is 0.149. The summed E-state index contributed by atoms with van der Waals surface area (Å²) in [6.45, 7) is 0. The van der Waals surface area contributed by atoms with Gasteiger partial charge in [0.1, 0.15) is 0 Å². The molecule has 90 valence electrons. The standard InChI is InChI=1S/C12H12BrNO2S/c13-9-2-1-3-12(8-9)17-11-6-4-10(5-7-11)14(15)16/h1-2,4-7,9,12H,3,8H2. The Bertz CT molecular complexity index is 433. The van der Waals surface area contributed by atoms with Gasteiger partial charge >= 0.3 is 0 Å². The molecular formula is C12H12BrNO2S. The molecule has 0 saturated carbocycles. The average Bonchev–Trinajstić information content (AvgIpc) is 2.29. The number of halogens is 1. The van der Waals surface area contributed by atoms with Crippen molar-refractivity contribution in [2.75, 3.05) is 0 Å². The molecular weight excluding hydrogens is 302 g/mol. The fourth-order valence-electron chi connectivity index (χ4n) is 1.74. The molecule has 3 nitrogen and oxygen atoms in total. The van der Waals surface area contributed by atoms with E-state index in [0.29, 0.717) is 10.1 Å². The van der Waals surface area contributed by atoms with E-state index in [9.17, 15) is 10.1 Å². The maximum Gasteiger partial charge on any atom is 0.269 e. The van der Waals surface area contributed by atoms with Crippen LogP contribution in [0.15, 0.2) is 41.3 Å². The van der Waals surface area contributed by atoms with Crippen LogP contribution in [-0.4, -0.2) is 15.0 Å². The monoisotopic (exact) mass is 313 g/mol. The molecule has 1 aliphatic rings. The molecule has 0 spiro atoms. The van der Waals surface area contributed by atoms with E-state index in [1.165, 1.54) is 0 Å². The van der Waals surface area contributed by atoms with E-state index in [0.717, 1.165) is 17.7 Å². The number of hydrogen-bond acceptors (Lipinski definition) is 3. The van der Waals surface area contributed by atoms with Crippen molar-refractivity contribution in [2.24, 2.45) is 0 Å². The molecule has 2 unspecified atom stereocenters. The van der Waals surface area contributed by atoms with Crippen LogP contribution in [0, 0.1) is 10.1 Å². The number of rotatable bonds is 3. The number of thioether (sulfide) groups is 1. The number of alkyl halides is 1. The highest BCUT2D eigenvalue weighted by molar-refractivity contribution is 9.09. The quantitative estimate of drug-likeness (QED) is 0.364. The summed E-state index contributed by atoms with van der Waals surface area (Å²) in [6, 6.07) is 6.77. The van der Waals surface area contributed by atoms with Crippen molar-refractivity contribution < 1.29 is 4.92 Å². The maximum absolute atomic E-state index is 10.5. The van der Waals surface area contributed by atoms with Crippen molar-refractivity contribution in [1.29, 1.82) is 0 Å². The van der Waals surface area contributed by atoms with Gasteiger partial charge in [0.05, 0.1) is 4.92 Å². The summed E-state index contributed by atoms with van der Waals surface area (Å²) in [5.74, 6) is 0. The van der Waals surface area contributed by atoms with E-state index in [2.05, 4.69) is 28.1 Å². The van der Waals surface area contributed by atoms with E-state index in [1.807, 2.05) is 12.1 Å². The van der Waals surface area contributed by atoms with Gasteiger partial charge in [0.15, 0.2) is 0 Å². The number of allylic oxidation sites excluding steroid dienone is 2. The molecule has 2 rings (SSSR count). The molecule has 0 bridgehead atoms. The Morgan fingerprint density at radius 1 is 1.35 bits per heavy atom. The van der Waals surface area contributed by atoms with Crippen molar-refractivity contribution in [3.05, 3.63) is 46.5 Å². The summed E-state index contributed by atoms with van der Waals surface area (Å²) in [5, 5.41) is 11.1. The second-order valence-electron chi connectivity index (χ2n) is 3.91. The SMILES string of the molecule is O=[N+]([O-])c1ccc(SC2CC=CC(Br)C2)cc1. The lowest BCUT2D eigenvalue weighted by Crippen LogP contribution is -2.12. The van der Waals surface area contributed by atoms with E-state index < -0.39 is 0 Å². The number of nitrogens with zero attached hydrogens (tertiary/aromatic N) is 1. The zero-order chi connectivity index (χ0) is 12.3. The van der Waals surface area contributed by atoms with Gasteiger partial charge in [-0.25, -0.2) is 0 Å². The van der Waals surface area contributed by atoms with Crippen LogP contribution in [-0.2, 0) is 0 Å². The van der Waals surface area contributed by atoms with E-state index in [1.54, 1.807) is 23.9 Å². The average molecular weight is 314 g/mol. The van der Waals surface area contributed by atoms with Crippen molar-refractivity contribution in [3.63, 3.8) is 0 Å². The van der Waals surface area contributed by atoms with Gasteiger partial charge in [-0.1, -0.05) is 28.1 Å². The Kier molecular flexibility index (Phi) is 4.23. The van der Waals surface area contributed by atoms with E-state index >= 15 is 0 Å². The zero-order valence-corrected chi connectivity index (χ0v) is 11.5. The van der Waals surface area contributed by atoms with Crippen LogP contribution in [0.25, 0.3) is 0 Å². The highest BCUT2D eigenvalue weighted by Gasteiger charge is 2.17. The lowest BCUT2D eigenvalue weighted by atomic mass is 10.1. The molecule has 0 amide bonds. The number of benzene rings is 1. The predicted octanol–water partition coefficient (Wildman–Crippen LogP) is 4.17. The molecule has 1 aliphatic carbocycles. The minimum Gasteiger partial charge on any atom is -0.258 e. The van der Waals surface area contributed by atoms with E-state index in [4.69, 9.17) is 0 Å². The number of nitro benzene ring substituents is 1. The third-order valence-electron chi connectivity index (χ3n) is 2.58. The molecule has 0 aromatic heterocycles. The van der Waals surface area contributed by atoms with E-state index in [-0.39, 0.29) is 10.6 Å². The molecule has 0 fully saturated rings. The van der Waals surface area contributed by atoms with Crippen LogP contribution in [0.5, 0.6) is 0 Å². The minimum absolute atomic E-state index is 0.149. The fourth-order valence-corrected chi connectivity index (χ4v) is 3.84.